The van der Waals surface area contributed by atoms with Crippen LogP contribution in [0.25, 0.3) is 0 Å². The van der Waals surface area contributed by atoms with Gasteiger partial charge >= 0.3 is 0 Å². The molecule has 0 aliphatic heterocycles. The maximum Gasteiger partial charge on any atom is 0.213 e. The van der Waals surface area contributed by atoms with Crippen molar-refractivity contribution in [1.82, 2.24) is 10.3 Å². The van der Waals surface area contributed by atoms with E-state index in [4.69, 9.17) is 4.74 Å². The van der Waals surface area contributed by atoms with Gasteiger partial charge in [-0.05, 0) is 38.0 Å². The lowest BCUT2D eigenvalue weighted by Crippen LogP contribution is -2.19. The van der Waals surface area contributed by atoms with Gasteiger partial charge in [0, 0.05) is 18.7 Å². The van der Waals surface area contributed by atoms with Crippen LogP contribution in [0.1, 0.15) is 35.3 Å². The molecule has 1 aromatic carbocycles. The Balaban J connectivity index is 2.02. The summed E-state index contributed by atoms with van der Waals surface area (Å²) in [5.74, 6) is 0.656. The number of aryl methyl sites for hydroxylation is 2. The molecule has 0 saturated heterocycles. The van der Waals surface area contributed by atoms with Gasteiger partial charge in [0.1, 0.15) is 0 Å². The van der Waals surface area contributed by atoms with E-state index in [0.29, 0.717) is 11.9 Å². The van der Waals surface area contributed by atoms with E-state index in [-0.39, 0.29) is 0 Å². The molecule has 1 heterocycles. The van der Waals surface area contributed by atoms with E-state index in [1.807, 2.05) is 18.2 Å². The Morgan fingerprint density at radius 2 is 2.00 bits per heavy atom. The lowest BCUT2D eigenvalue weighted by molar-refractivity contribution is 0.395. The lowest BCUT2D eigenvalue weighted by Gasteiger charge is -2.17. The molecule has 0 bridgehead atoms. The Kier molecular flexibility index (Phi) is 4.74. The number of pyridine rings is 1. The fraction of sp³-hybridized carbons (Fsp3) is 0.353. The van der Waals surface area contributed by atoms with Crippen molar-refractivity contribution in [3.8, 4) is 5.88 Å². The van der Waals surface area contributed by atoms with E-state index in [1.165, 1.54) is 16.7 Å². The van der Waals surface area contributed by atoms with Crippen LogP contribution >= 0.6 is 0 Å². The molecule has 0 radical (unpaired) electrons. The lowest BCUT2D eigenvalue weighted by atomic mass is 10.0. The van der Waals surface area contributed by atoms with Crippen LogP contribution in [0.4, 0.5) is 0 Å². The quantitative estimate of drug-likeness (QED) is 0.902. The predicted octanol–water partition coefficient (Wildman–Crippen LogP) is 3.56. The van der Waals surface area contributed by atoms with Crippen molar-refractivity contribution in [1.29, 1.82) is 0 Å². The van der Waals surface area contributed by atoms with Crippen LogP contribution in [0.15, 0.2) is 36.4 Å². The van der Waals surface area contributed by atoms with Gasteiger partial charge in [-0.25, -0.2) is 4.98 Å². The number of hydrogen-bond donors (Lipinski definition) is 1. The highest BCUT2D eigenvalue weighted by molar-refractivity contribution is 5.32. The summed E-state index contributed by atoms with van der Waals surface area (Å²) in [6, 6.07) is 12.7. The molecule has 2 aromatic rings. The third-order valence-electron chi connectivity index (χ3n) is 3.47. The Morgan fingerprint density at radius 3 is 2.70 bits per heavy atom. The number of hydrogen-bond acceptors (Lipinski definition) is 3. The molecule has 1 aromatic heterocycles. The van der Waals surface area contributed by atoms with Crippen LogP contribution in [-0.2, 0) is 6.54 Å². The highest BCUT2D eigenvalue weighted by Crippen LogP contribution is 2.19. The van der Waals surface area contributed by atoms with Gasteiger partial charge < -0.3 is 10.1 Å². The van der Waals surface area contributed by atoms with Gasteiger partial charge in [0.2, 0.25) is 5.88 Å². The molecule has 0 spiro atoms. The predicted molar refractivity (Wildman–Crippen MR) is 82.0 cm³/mol. The van der Waals surface area contributed by atoms with Gasteiger partial charge in [0.15, 0.2) is 0 Å². The van der Waals surface area contributed by atoms with Crippen LogP contribution in [0.2, 0.25) is 0 Å². The first-order valence-corrected chi connectivity index (χ1v) is 6.90. The van der Waals surface area contributed by atoms with Crippen LogP contribution in [-0.4, -0.2) is 12.1 Å². The molecule has 0 fully saturated rings. The Labute approximate surface area is 121 Å². The summed E-state index contributed by atoms with van der Waals surface area (Å²) < 4.78 is 5.14. The zero-order chi connectivity index (χ0) is 14.5. The molecule has 20 heavy (non-hydrogen) atoms. The van der Waals surface area contributed by atoms with E-state index in [0.717, 1.165) is 12.2 Å². The summed E-state index contributed by atoms with van der Waals surface area (Å²) >= 11 is 0. The molecule has 0 amide bonds. The number of benzene rings is 1. The first-order valence-electron chi connectivity index (χ1n) is 6.90. The SMILES string of the molecule is COc1cccc(CNC(C)c2ccc(C)cc2C)n1. The summed E-state index contributed by atoms with van der Waals surface area (Å²) in [5, 5.41) is 3.51. The van der Waals surface area contributed by atoms with Crippen LogP contribution in [0.3, 0.4) is 0 Å². The van der Waals surface area contributed by atoms with E-state index in [1.54, 1.807) is 7.11 Å². The number of rotatable bonds is 5. The van der Waals surface area contributed by atoms with Crippen molar-refractivity contribution in [2.24, 2.45) is 0 Å². The molecule has 2 rings (SSSR count). The Morgan fingerprint density at radius 1 is 1.20 bits per heavy atom. The number of nitrogens with one attached hydrogen (secondary N) is 1. The standard InChI is InChI=1S/C17H22N2O/c1-12-8-9-16(13(2)10-12)14(3)18-11-15-6-5-7-17(19-15)20-4/h5-10,14,18H,11H2,1-4H3. The molecule has 106 valence electrons. The van der Waals surface area contributed by atoms with Gasteiger partial charge in [-0.2, -0.15) is 0 Å². The second-order valence-electron chi connectivity index (χ2n) is 5.13. The van der Waals surface area contributed by atoms with E-state index in [9.17, 15) is 0 Å². The minimum atomic E-state index is 0.295. The zero-order valence-electron chi connectivity index (χ0n) is 12.6. The highest BCUT2D eigenvalue weighted by Gasteiger charge is 2.08. The first kappa shape index (κ1) is 14.5. The van der Waals surface area contributed by atoms with Crippen LogP contribution in [0, 0.1) is 13.8 Å². The number of aromatic nitrogens is 1. The van der Waals surface area contributed by atoms with Crippen molar-refractivity contribution >= 4 is 0 Å². The topological polar surface area (TPSA) is 34.1 Å². The van der Waals surface area contributed by atoms with E-state index < -0.39 is 0 Å². The van der Waals surface area contributed by atoms with Gasteiger partial charge in [0.25, 0.3) is 0 Å². The van der Waals surface area contributed by atoms with Gasteiger partial charge in [-0.3, -0.25) is 0 Å². The number of nitrogens with zero attached hydrogens (tertiary/aromatic N) is 1. The molecule has 0 aliphatic rings. The number of ether oxygens (including phenoxy) is 1. The molecule has 3 nitrogen and oxygen atoms in total. The van der Waals surface area contributed by atoms with E-state index >= 15 is 0 Å². The Bertz CT molecular complexity index is 581. The van der Waals surface area contributed by atoms with Crippen molar-refractivity contribution in [3.63, 3.8) is 0 Å². The zero-order valence-corrected chi connectivity index (χ0v) is 12.6. The second-order valence-corrected chi connectivity index (χ2v) is 5.13. The minimum absolute atomic E-state index is 0.295. The first-order chi connectivity index (χ1) is 9.60. The molecule has 1 atom stereocenters. The summed E-state index contributed by atoms with van der Waals surface area (Å²) in [6.45, 7) is 7.18. The molecule has 0 aliphatic carbocycles. The largest absolute Gasteiger partial charge is 0.481 e. The molecular formula is C17H22N2O. The average molecular weight is 270 g/mol. The van der Waals surface area contributed by atoms with Crippen molar-refractivity contribution in [3.05, 3.63) is 58.8 Å². The van der Waals surface area contributed by atoms with E-state index in [2.05, 4.69) is 49.3 Å². The van der Waals surface area contributed by atoms with Gasteiger partial charge in [0.05, 0.1) is 12.8 Å². The van der Waals surface area contributed by atoms with Gasteiger partial charge in [-0.15, -0.1) is 0 Å². The summed E-state index contributed by atoms with van der Waals surface area (Å²) in [7, 11) is 1.64. The number of methoxy groups -OCH3 is 1. The third kappa shape index (κ3) is 3.58. The fourth-order valence-corrected chi connectivity index (χ4v) is 2.35. The monoisotopic (exact) mass is 270 g/mol. The molecule has 0 saturated carbocycles. The summed E-state index contributed by atoms with van der Waals surface area (Å²) in [6.07, 6.45) is 0. The van der Waals surface area contributed by atoms with Crippen LogP contribution in [0.5, 0.6) is 5.88 Å². The smallest absolute Gasteiger partial charge is 0.213 e. The highest BCUT2D eigenvalue weighted by atomic mass is 16.5. The van der Waals surface area contributed by atoms with Gasteiger partial charge in [-0.1, -0.05) is 29.8 Å². The maximum absolute atomic E-state index is 5.14. The van der Waals surface area contributed by atoms with Crippen molar-refractivity contribution in [2.75, 3.05) is 7.11 Å². The molecule has 3 heteroatoms. The minimum Gasteiger partial charge on any atom is -0.481 e. The second kappa shape index (κ2) is 6.53. The normalized spacial score (nSPS) is 12.2. The van der Waals surface area contributed by atoms with Crippen molar-refractivity contribution < 1.29 is 4.74 Å². The summed E-state index contributed by atoms with van der Waals surface area (Å²) in [4.78, 5) is 4.41. The Hall–Kier alpha value is -1.87. The molecule has 1 unspecified atom stereocenters. The summed E-state index contributed by atoms with van der Waals surface area (Å²) in [5.41, 5.74) is 4.94. The average Bonchev–Trinajstić information content (AvgIpc) is 2.45. The van der Waals surface area contributed by atoms with Crippen molar-refractivity contribution in [2.45, 2.75) is 33.4 Å². The molecular weight excluding hydrogens is 248 g/mol. The van der Waals surface area contributed by atoms with Crippen LogP contribution < -0.4 is 10.1 Å². The molecule has 1 N–H and O–H groups in total. The maximum atomic E-state index is 5.14. The fourth-order valence-electron chi connectivity index (χ4n) is 2.35. The third-order valence-corrected chi connectivity index (χ3v) is 3.47.